The van der Waals surface area contributed by atoms with E-state index in [1.807, 2.05) is 29.6 Å². The average molecular weight is 383 g/mol. The number of aromatic nitrogens is 3. The van der Waals surface area contributed by atoms with Crippen LogP contribution in [0.15, 0.2) is 41.8 Å². The fourth-order valence-electron chi connectivity index (χ4n) is 2.83. The van der Waals surface area contributed by atoms with Crippen LogP contribution >= 0.6 is 11.3 Å². The number of ether oxygens (including phenoxy) is 1. The predicted octanol–water partition coefficient (Wildman–Crippen LogP) is 1.61. The van der Waals surface area contributed by atoms with Crippen LogP contribution in [-0.2, 0) is 11.2 Å². The van der Waals surface area contributed by atoms with E-state index in [1.165, 1.54) is 4.90 Å². The lowest BCUT2D eigenvalue weighted by Gasteiger charge is -2.19. The second kappa shape index (κ2) is 7.20. The van der Waals surface area contributed by atoms with Crippen molar-refractivity contribution in [2.24, 2.45) is 0 Å². The predicted molar refractivity (Wildman–Crippen MR) is 100 cm³/mol. The summed E-state index contributed by atoms with van der Waals surface area (Å²) in [5, 5.41) is 11.4. The van der Waals surface area contributed by atoms with Crippen LogP contribution < -0.4 is 15.0 Å². The van der Waals surface area contributed by atoms with Gasteiger partial charge in [0.05, 0.1) is 5.69 Å². The van der Waals surface area contributed by atoms with Gasteiger partial charge in [-0.2, -0.15) is 0 Å². The molecule has 1 aromatic carbocycles. The first-order valence-electron chi connectivity index (χ1n) is 8.36. The molecule has 0 saturated carbocycles. The van der Waals surface area contributed by atoms with E-state index in [0.717, 1.165) is 4.88 Å². The van der Waals surface area contributed by atoms with Crippen molar-refractivity contribution in [3.8, 4) is 5.75 Å². The van der Waals surface area contributed by atoms with Gasteiger partial charge in [0, 0.05) is 18.3 Å². The first-order valence-corrected chi connectivity index (χ1v) is 9.23. The number of para-hydroxylation sites is 2. The van der Waals surface area contributed by atoms with Crippen molar-refractivity contribution in [2.75, 3.05) is 18.6 Å². The Morgan fingerprint density at radius 1 is 1.37 bits per heavy atom. The third-order valence-corrected chi connectivity index (χ3v) is 5.10. The van der Waals surface area contributed by atoms with Crippen LogP contribution in [-0.4, -0.2) is 46.7 Å². The molecule has 9 heteroatoms. The molecule has 2 amide bonds. The lowest BCUT2D eigenvalue weighted by molar-refractivity contribution is -0.120. The highest BCUT2D eigenvalue weighted by Gasteiger charge is 2.31. The molecule has 0 saturated heterocycles. The van der Waals surface area contributed by atoms with Crippen LogP contribution in [0.1, 0.15) is 21.3 Å². The van der Waals surface area contributed by atoms with Gasteiger partial charge in [-0.05, 0) is 23.6 Å². The van der Waals surface area contributed by atoms with Gasteiger partial charge in [-0.1, -0.05) is 18.2 Å². The minimum absolute atomic E-state index is 0.00114. The third kappa shape index (κ3) is 3.54. The fraction of sp³-hybridized carbons (Fsp3) is 0.222. The summed E-state index contributed by atoms with van der Waals surface area (Å²) in [6.07, 6.45) is 0.571. The molecule has 8 nitrogen and oxygen atoms in total. The Bertz CT molecular complexity index is 969. The average Bonchev–Trinajstić information content (AvgIpc) is 3.34. The monoisotopic (exact) mass is 383 g/mol. The maximum absolute atomic E-state index is 12.7. The van der Waals surface area contributed by atoms with E-state index in [2.05, 4.69) is 20.5 Å². The number of nitrogens with one attached hydrogen (secondary N) is 2. The van der Waals surface area contributed by atoms with Gasteiger partial charge in [-0.15, -0.1) is 16.4 Å². The van der Waals surface area contributed by atoms with Crippen LogP contribution in [0.4, 0.5) is 5.69 Å². The minimum atomic E-state index is -0.825. The lowest BCUT2D eigenvalue weighted by Crippen LogP contribution is -2.49. The van der Waals surface area contributed by atoms with Crippen molar-refractivity contribution >= 4 is 28.8 Å². The summed E-state index contributed by atoms with van der Waals surface area (Å²) in [5.41, 5.74) is 0.662. The van der Waals surface area contributed by atoms with Gasteiger partial charge in [0.2, 0.25) is 5.82 Å². The number of thiophene rings is 1. The summed E-state index contributed by atoms with van der Waals surface area (Å²) in [5.74, 6) is 0.406. The minimum Gasteiger partial charge on any atom is -0.489 e. The number of benzene rings is 1. The second-order valence-corrected chi connectivity index (χ2v) is 7.10. The molecule has 2 N–H and O–H groups in total. The smallest absolute Gasteiger partial charge is 0.291 e. The Labute approximate surface area is 159 Å². The number of rotatable bonds is 4. The van der Waals surface area contributed by atoms with E-state index in [9.17, 15) is 9.59 Å². The molecule has 0 spiro atoms. The molecule has 1 atom stereocenters. The number of carbonyl (C=O) groups excluding carboxylic acids is 2. The van der Waals surface area contributed by atoms with E-state index >= 15 is 0 Å². The zero-order valence-corrected chi connectivity index (χ0v) is 15.3. The molecule has 1 unspecified atom stereocenters. The molecule has 0 aliphatic carbocycles. The summed E-state index contributed by atoms with van der Waals surface area (Å²) in [6.45, 7) is 0.0401. The van der Waals surface area contributed by atoms with Crippen molar-refractivity contribution in [1.29, 1.82) is 0 Å². The third-order valence-electron chi connectivity index (χ3n) is 4.22. The Kier molecular flexibility index (Phi) is 4.59. The van der Waals surface area contributed by atoms with Gasteiger partial charge in [-0.3, -0.25) is 14.7 Å². The molecule has 2 aromatic heterocycles. The normalized spacial score (nSPS) is 16.4. The van der Waals surface area contributed by atoms with Crippen LogP contribution in [0.3, 0.4) is 0 Å². The summed E-state index contributed by atoms with van der Waals surface area (Å²) >= 11 is 1.61. The van der Waals surface area contributed by atoms with Gasteiger partial charge in [0.15, 0.2) is 0 Å². The lowest BCUT2D eigenvalue weighted by atomic mass is 10.2. The molecular weight excluding hydrogens is 366 g/mol. The Morgan fingerprint density at radius 3 is 3.04 bits per heavy atom. The van der Waals surface area contributed by atoms with E-state index < -0.39 is 11.9 Å². The number of nitrogens with zero attached hydrogens (tertiary/aromatic N) is 3. The van der Waals surface area contributed by atoms with Crippen LogP contribution in [0.2, 0.25) is 0 Å². The zero-order valence-electron chi connectivity index (χ0n) is 14.5. The molecule has 0 radical (unpaired) electrons. The van der Waals surface area contributed by atoms with Crippen molar-refractivity contribution in [2.45, 2.75) is 12.5 Å². The quantitative estimate of drug-likeness (QED) is 0.713. The zero-order chi connectivity index (χ0) is 18.8. The highest BCUT2D eigenvalue weighted by Crippen LogP contribution is 2.29. The molecule has 3 aromatic rings. The van der Waals surface area contributed by atoms with Crippen molar-refractivity contribution in [1.82, 2.24) is 20.5 Å². The van der Waals surface area contributed by atoms with Gasteiger partial charge >= 0.3 is 0 Å². The highest BCUT2D eigenvalue weighted by atomic mass is 32.1. The van der Waals surface area contributed by atoms with Crippen LogP contribution in [0, 0.1) is 0 Å². The summed E-state index contributed by atoms with van der Waals surface area (Å²) in [4.78, 5) is 32.0. The van der Waals surface area contributed by atoms with Crippen molar-refractivity contribution in [3.63, 3.8) is 0 Å². The van der Waals surface area contributed by atoms with E-state index in [-0.39, 0.29) is 18.3 Å². The topological polar surface area (TPSA) is 100 Å². The largest absolute Gasteiger partial charge is 0.489 e. The number of H-pyrrole nitrogens is 1. The van der Waals surface area contributed by atoms with Gasteiger partial charge in [-0.25, -0.2) is 4.98 Å². The molecule has 1 aliphatic rings. The molecular formula is C18H17N5O3S. The molecule has 0 fully saturated rings. The number of carbonyl (C=O) groups is 2. The molecule has 3 heterocycles. The molecule has 138 valence electrons. The van der Waals surface area contributed by atoms with Gasteiger partial charge in [0.25, 0.3) is 11.8 Å². The summed E-state index contributed by atoms with van der Waals surface area (Å²) in [6, 6.07) is 10.4. The number of anilines is 1. The van der Waals surface area contributed by atoms with Crippen molar-refractivity contribution in [3.05, 3.63) is 58.3 Å². The highest BCUT2D eigenvalue weighted by molar-refractivity contribution is 7.09. The Balaban J connectivity index is 1.45. The maximum Gasteiger partial charge on any atom is 0.291 e. The summed E-state index contributed by atoms with van der Waals surface area (Å²) in [7, 11) is 1.65. The maximum atomic E-state index is 12.7. The van der Waals surface area contributed by atoms with Gasteiger partial charge in [0.1, 0.15) is 24.2 Å². The molecule has 1 aliphatic heterocycles. The standard InChI is InChI=1S/C18H17N5O3S/c1-23-13-6-2-3-7-14(13)26-10-12(18(23)25)19-17(24)16-20-15(21-22-16)9-11-5-4-8-27-11/h2-8,12H,9-10H2,1H3,(H,19,24)(H,20,21,22). The molecule has 0 bridgehead atoms. The second-order valence-electron chi connectivity index (χ2n) is 6.06. The summed E-state index contributed by atoms with van der Waals surface area (Å²) < 4.78 is 5.69. The number of aromatic amines is 1. The number of likely N-dealkylation sites (N-methyl/N-ethyl adjacent to an activating group) is 1. The number of amides is 2. The Morgan fingerprint density at radius 2 is 2.22 bits per heavy atom. The van der Waals surface area contributed by atoms with Gasteiger partial charge < -0.3 is 15.0 Å². The van der Waals surface area contributed by atoms with Crippen LogP contribution in [0.5, 0.6) is 5.75 Å². The van der Waals surface area contributed by atoms with E-state index in [0.29, 0.717) is 23.7 Å². The number of fused-ring (bicyclic) bond motifs is 1. The Hall–Kier alpha value is -3.20. The number of hydrogen-bond acceptors (Lipinski definition) is 6. The first-order chi connectivity index (χ1) is 13.1. The van der Waals surface area contributed by atoms with E-state index in [4.69, 9.17) is 4.74 Å². The number of hydrogen-bond donors (Lipinski definition) is 2. The first kappa shape index (κ1) is 17.2. The molecule has 27 heavy (non-hydrogen) atoms. The van der Waals surface area contributed by atoms with E-state index in [1.54, 1.807) is 30.5 Å². The SMILES string of the molecule is CN1C(=O)C(NC(=O)c2n[nH]c(Cc3cccs3)n2)COc2ccccc21. The van der Waals surface area contributed by atoms with Crippen molar-refractivity contribution < 1.29 is 14.3 Å². The fourth-order valence-corrected chi connectivity index (χ4v) is 3.54. The van der Waals surface area contributed by atoms with Crippen LogP contribution in [0.25, 0.3) is 0 Å². The molecule has 4 rings (SSSR count).